The third kappa shape index (κ3) is 0.894. The Bertz CT molecular complexity index is 293. The van der Waals surface area contributed by atoms with Crippen LogP contribution in [0.2, 0.25) is 0 Å². The minimum Gasteiger partial charge on any atom is -0.264 e. The number of hydrogen-bond donors (Lipinski definition) is 0. The lowest BCUT2D eigenvalue weighted by Crippen LogP contribution is -2.01. The topological polar surface area (TPSA) is 36.7 Å². The maximum atomic E-state index is 8.82. The predicted octanol–water partition coefficient (Wildman–Crippen LogP) is 1.44. The predicted molar refractivity (Wildman–Crippen MR) is 39.6 cm³/mol. The first-order chi connectivity index (χ1) is 5.37. The Morgan fingerprint density at radius 2 is 2.45 bits per heavy atom. The molecule has 0 atom stereocenters. The number of nitriles is 1. The summed E-state index contributed by atoms with van der Waals surface area (Å²) in [6, 6.07) is 7.17. The second-order valence-corrected chi connectivity index (χ2v) is 2.85. The van der Waals surface area contributed by atoms with Gasteiger partial charge in [-0.1, -0.05) is 0 Å². The van der Waals surface area contributed by atoms with Gasteiger partial charge in [0.2, 0.25) is 0 Å². The first-order valence-electron chi connectivity index (χ1n) is 3.61. The van der Waals surface area contributed by atoms with E-state index in [1.54, 1.807) is 12.4 Å². The molecule has 0 bridgehead atoms. The van der Waals surface area contributed by atoms with Crippen molar-refractivity contribution < 1.29 is 0 Å². The molecular formula is C9H7N2. The first kappa shape index (κ1) is 6.36. The van der Waals surface area contributed by atoms with Gasteiger partial charge in [-0.2, -0.15) is 5.26 Å². The lowest BCUT2D eigenvalue weighted by atomic mass is 10.00. The van der Waals surface area contributed by atoms with Crippen molar-refractivity contribution in [3.05, 3.63) is 30.1 Å². The van der Waals surface area contributed by atoms with E-state index in [0.717, 1.165) is 18.4 Å². The Labute approximate surface area is 65.5 Å². The van der Waals surface area contributed by atoms with Crippen LogP contribution in [0.5, 0.6) is 0 Å². The molecule has 0 aliphatic heterocycles. The molecule has 0 spiro atoms. The molecular weight excluding hydrogens is 136 g/mol. The van der Waals surface area contributed by atoms with Crippen LogP contribution in [0.25, 0.3) is 0 Å². The van der Waals surface area contributed by atoms with E-state index in [9.17, 15) is 0 Å². The van der Waals surface area contributed by atoms with Gasteiger partial charge in [0.15, 0.2) is 0 Å². The molecule has 2 heteroatoms. The van der Waals surface area contributed by atoms with E-state index < -0.39 is 0 Å². The highest BCUT2D eigenvalue weighted by atomic mass is 14.6. The smallest absolute Gasteiger partial charge is 0.0830 e. The van der Waals surface area contributed by atoms with E-state index >= 15 is 0 Å². The molecule has 0 aromatic carbocycles. The van der Waals surface area contributed by atoms with Gasteiger partial charge in [0.1, 0.15) is 0 Å². The molecule has 1 aromatic heterocycles. The summed E-state index contributed by atoms with van der Waals surface area (Å²) < 4.78 is 0. The van der Waals surface area contributed by atoms with Gasteiger partial charge in [-0.05, 0) is 24.5 Å². The van der Waals surface area contributed by atoms with E-state index in [4.69, 9.17) is 5.26 Å². The van der Waals surface area contributed by atoms with Crippen molar-refractivity contribution in [1.82, 2.24) is 4.98 Å². The minimum atomic E-state index is -0.205. The number of hydrogen-bond acceptors (Lipinski definition) is 2. The first-order valence-corrected chi connectivity index (χ1v) is 3.61. The number of pyridine rings is 1. The number of rotatable bonds is 1. The molecule has 0 unspecified atom stereocenters. The van der Waals surface area contributed by atoms with Crippen molar-refractivity contribution in [1.29, 1.82) is 5.26 Å². The summed E-state index contributed by atoms with van der Waals surface area (Å²) in [6.45, 7) is 0. The maximum Gasteiger partial charge on any atom is 0.0830 e. The molecule has 2 nitrogen and oxygen atoms in total. The van der Waals surface area contributed by atoms with Gasteiger partial charge >= 0.3 is 0 Å². The molecule has 0 N–H and O–H groups in total. The average Bonchev–Trinajstić information content (AvgIpc) is 2.86. The van der Waals surface area contributed by atoms with Gasteiger partial charge in [0, 0.05) is 18.5 Å². The number of nitrogens with zero attached hydrogens (tertiary/aromatic N) is 2. The fraction of sp³-hybridized carbons (Fsp3) is 0.333. The minimum absolute atomic E-state index is 0.205. The monoisotopic (exact) mass is 143 g/mol. The zero-order chi connectivity index (χ0) is 7.73. The molecule has 53 valence electrons. The van der Waals surface area contributed by atoms with Crippen molar-refractivity contribution in [2.45, 2.75) is 18.3 Å². The van der Waals surface area contributed by atoms with Crippen LogP contribution < -0.4 is 0 Å². The van der Waals surface area contributed by atoms with E-state index in [-0.39, 0.29) is 5.41 Å². The van der Waals surface area contributed by atoms with E-state index in [1.165, 1.54) is 0 Å². The highest BCUT2D eigenvalue weighted by Gasteiger charge is 2.44. The molecule has 1 aromatic rings. The standard InChI is InChI=1S/C9H7N2/c10-7-9(3-4-9)8-1-5-11-6-2-8/h1,5-6H,3-4H2. The summed E-state index contributed by atoms with van der Waals surface area (Å²) in [5, 5.41) is 8.82. The zero-order valence-electron chi connectivity index (χ0n) is 6.04. The van der Waals surface area contributed by atoms with Crippen molar-refractivity contribution >= 4 is 0 Å². The van der Waals surface area contributed by atoms with Gasteiger partial charge in [-0.25, -0.2) is 0 Å². The van der Waals surface area contributed by atoms with Gasteiger partial charge in [-0.3, -0.25) is 4.98 Å². The van der Waals surface area contributed by atoms with E-state index in [0.29, 0.717) is 0 Å². The second-order valence-electron chi connectivity index (χ2n) is 2.85. The summed E-state index contributed by atoms with van der Waals surface area (Å²) in [5.74, 6) is 0. The quantitative estimate of drug-likeness (QED) is 0.596. The Morgan fingerprint density at radius 1 is 1.64 bits per heavy atom. The van der Waals surface area contributed by atoms with Crippen LogP contribution in [0.4, 0.5) is 0 Å². The van der Waals surface area contributed by atoms with Crippen LogP contribution >= 0.6 is 0 Å². The number of aromatic nitrogens is 1. The summed E-state index contributed by atoms with van der Waals surface area (Å²) in [4.78, 5) is 3.86. The van der Waals surface area contributed by atoms with E-state index in [2.05, 4.69) is 17.1 Å². The van der Waals surface area contributed by atoms with Crippen molar-refractivity contribution in [2.24, 2.45) is 0 Å². The van der Waals surface area contributed by atoms with Crippen molar-refractivity contribution in [3.8, 4) is 6.07 Å². The third-order valence-electron chi connectivity index (χ3n) is 2.10. The summed E-state index contributed by atoms with van der Waals surface area (Å²) in [5.41, 5.74) is 0.790. The van der Waals surface area contributed by atoms with Crippen LogP contribution in [0.1, 0.15) is 18.4 Å². The molecule has 0 saturated heterocycles. The molecule has 2 rings (SSSR count). The molecule has 11 heavy (non-hydrogen) atoms. The SMILES string of the molecule is N#CC1(c2[c]cncc2)CC1. The Kier molecular flexibility index (Phi) is 1.19. The Hall–Kier alpha value is -1.36. The Balaban J connectivity index is 2.39. The fourth-order valence-corrected chi connectivity index (χ4v) is 1.18. The highest BCUT2D eigenvalue weighted by Crippen LogP contribution is 2.46. The summed E-state index contributed by atoms with van der Waals surface area (Å²) in [6.07, 6.45) is 5.28. The third-order valence-corrected chi connectivity index (χ3v) is 2.10. The van der Waals surface area contributed by atoms with Gasteiger partial charge in [0.25, 0.3) is 0 Å². The zero-order valence-corrected chi connectivity index (χ0v) is 6.04. The van der Waals surface area contributed by atoms with Crippen LogP contribution in [0, 0.1) is 17.4 Å². The highest BCUT2D eigenvalue weighted by molar-refractivity contribution is 5.36. The molecule has 1 aliphatic rings. The van der Waals surface area contributed by atoms with Crippen LogP contribution in [-0.2, 0) is 5.41 Å². The lowest BCUT2D eigenvalue weighted by Gasteiger charge is -2.02. The van der Waals surface area contributed by atoms with Gasteiger partial charge in [0.05, 0.1) is 11.5 Å². The van der Waals surface area contributed by atoms with Crippen molar-refractivity contribution in [2.75, 3.05) is 0 Å². The normalized spacial score (nSPS) is 18.8. The van der Waals surface area contributed by atoms with Gasteiger partial charge < -0.3 is 0 Å². The van der Waals surface area contributed by atoms with Gasteiger partial charge in [-0.15, -0.1) is 0 Å². The van der Waals surface area contributed by atoms with Crippen LogP contribution in [0.15, 0.2) is 18.5 Å². The lowest BCUT2D eigenvalue weighted by molar-refractivity contribution is 0.901. The largest absolute Gasteiger partial charge is 0.264 e. The van der Waals surface area contributed by atoms with Crippen LogP contribution in [-0.4, -0.2) is 4.98 Å². The average molecular weight is 143 g/mol. The maximum absolute atomic E-state index is 8.82. The summed E-state index contributed by atoms with van der Waals surface area (Å²) >= 11 is 0. The van der Waals surface area contributed by atoms with E-state index in [1.807, 2.05) is 6.07 Å². The molecule has 0 amide bonds. The van der Waals surface area contributed by atoms with Crippen LogP contribution in [0.3, 0.4) is 0 Å². The fourth-order valence-electron chi connectivity index (χ4n) is 1.18. The van der Waals surface area contributed by atoms with Crippen molar-refractivity contribution in [3.63, 3.8) is 0 Å². The molecule has 1 radical (unpaired) electrons. The molecule has 1 saturated carbocycles. The molecule has 1 aliphatic carbocycles. The molecule has 1 fully saturated rings. The second kappa shape index (κ2) is 2.06. The Morgan fingerprint density at radius 3 is 2.91 bits per heavy atom. The molecule has 1 heterocycles. The summed E-state index contributed by atoms with van der Waals surface area (Å²) in [7, 11) is 0.